The Bertz CT molecular complexity index is 607. The highest BCUT2D eigenvalue weighted by molar-refractivity contribution is 5.33. The standard InChI is InChI=1S/C20H28O8/c21-12-11-15(23)10-8-6-4-2-1-3-5-7-9-13-27-20-19(26)18(25)17(24)16(14-22)28-20/h4,6-7,9,15-26H,8,10-14H2/t15-,16-,17-,18+,19-,20-/m1/s1. The second kappa shape index (κ2) is 14.3. The summed E-state index contributed by atoms with van der Waals surface area (Å²) in [7, 11) is 0. The number of aliphatic hydroxyl groups is 6. The van der Waals surface area contributed by atoms with Gasteiger partial charge in [0.1, 0.15) is 24.4 Å². The van der Waals surface area contributed by atoms with Crippen molar-refractivity contribution in [2.45, 2.75) is 56.1 Å². The molecular formula is C20H28O8. The van der Waals surface area contributed by atoms with Crippen molar-refractivity contribution in [2.75, 3.05) is 19.8 Å². The lowest BCUT2D eigenvalue weighted by atomic mass is 9.99. The van der Waals surface area contributed by atoms with Gasteiger partial charge >= 0.3 is 0 Å². The second-order valence-electron chi connectivity index (χ2n) is 6.12. The first-order valence-corrected chi connectivity index (χ1v) is 9.03. The van der Waals surface area contributed by atoms with Gasteiger partial charge in [-0.2, -0.15) is 0 Å². The highest BCUT2D eigenvalue weighted by Crippen LogP contribution is 2.21. The van der Waals surface area contributed by atoms with E-state index in [1.165, 1.54) is 6.08 Å². The predicted octanol–water partition coefficient (Wildman–Crippen LogP) is -1.55. The van der Waals surface area contributed by atoms with Gasteiger partial charge < -0.3 is 40.1 Å². The summed E-state index contributed by atoms with van der Waals surface area (Å²) in [5.74, 6) is 10.6. The molecule has 0 aromatic heterocycles. The molecule has 28 heavy (non-hydrogen) atoms. The van der Waals surface area contributed by atoms with Crippen LogP contribution in [0.2, 0.25) is 0 Å². The van der Waals surface area contributed by atoms with Crippen molar-refractivity contribution in [1.82, 2.24) is 0 Å². The minimum absolute atomic E-state index is 0.0264. The number of ether oxygens (including phenoxy) is 2. The number of allylic oxidation sites excluding steroid dienone is 3. The molecule has 1 saturated heterocycles. The van der Waals surface area contributed by atoms with Crippen molar-refractivity contribution < 1.29 is 40.1 Å². The van der Waals surface area contributed by atoms with E-state index in [1.54, 1.807) is 12.2 Å². The molecule has 1 rings (SSSR count). The fraction of sp³-hybridized carbons (Fsp3) is 0.600. The summed E-state index contributed by atoms with van der Waals surface area (Å²) in [5, 5.41) is 56.3. The predicted molar refractivity (Wildman–Crippen MR) is 100 cm³/mol. The van der Waals surface area contributed by atoms with E-state index in [2.05, 4.69) is 23.7 Å². The van der Waals surface area contributed by atoms with Crippen LogP contribution >= 0.6 is 0 Å². The minimum atomic E-state index is -1.47. The molecule has 0 spiro atoms. The van der Waals surface area contributed by atoms with Crippen molar-refractivity contribution in [1.29, 1.82) is 0 Å². The molecule has 1 aliphatic heterocycles. The molecule has 1 heterocycles. The summed E-state index contributed by atoms with van der Waals surface area (Å²) >= 11 is 0. The fourth-order valence-corrected chi connectivity index (χ4v) is 2.34. The van der Waals surface area contributed by atoms with Crippen LogP contribution in [0.15, 0.2) is 24.3 Å². The van der Waals surface area contributed by atoms with E-state index in [0.717, 1.165) is 0 Å². The maximum absolute atomic E-state index is 9.80. The van der Waals surface area contributed by atoms with Gasteiger partial charge in [0, 0.05) is 6.61 Å². The summed E-state index contributed by atoms with van der Waals surface area (Å²) in [6.45, 7) is -0.495. The molecule has 0 radical (unpaired) electrons. The van der Waals surface area contributed by atoms with E-state index in [0.29, 0.717) is 19.3 Å². The zero-order valence-electron chi connectivity index (χ0n) is 15.5. The van der Waals surface area contributed by atoms with Crippen LogP contribution in [0.1, 0.15) is 19.3 Å². The second-order valence-corrected chi connectivity index (χ2v) is 6.12. The van der Waals surface area contributed by atoms with E-state index in [9.17, 15) is 20.4 Å². The largest absolute Gasteiger partial charge is 0.396 e. The Balaban J connectivity index is 2.27. The Kier molecular flexibility index (Phi) is 12.4. The van der Waals surface area contributed by atoms with Gasteiger partial charge in [-0.25, -0.2) is 0 Å². The average molecular weight is 396 g/mol. The molecular weight excluding hydrogens is 368 g/mol. The van der Waals surface area contributed by atoms with Crippen molar-refractivity contribution in [2.24, 2.45) is 0 Å². The maximum atomic E-state index is 9.80. The summed E-state index contributed by atoms with van der Waals surface area (Å²) in [5.41, 5.74) is 0. The van der Waals surface area contributed by atoms with Crippen molar-refractivity contribution in [3.8, 4) is 23.7 Å². The van der Waals surface area contributed by atoms with E-state index in [4.69, 9.17) is 19.7 Å². The third kappa shape index (κ3) is 8.98. The molecule has 0 amide bonds. The van der Waals surface area contributed by atoms with Crippen molar-refractivity contribution >= 4 is 0 Å². The van der Waals surface area contributed by atoms with Gasteiger partial charge in [0.05, 0.1) is 19.3 Å². The summed E-state index contributed by atoms with van der Waals surface area (Å²) in [6.07, 6.45) is 1.14. The Morgan fingerprint density at radius 3 is 2.25 bits per heavy atom. The molecule has 0 unspecified atom stereocenters. The lowest BCUT2D eigenvalue weighted by Crippen LogP contribution is -2.59. The van der Waals surface area contributed by atoms with Crippen LogP contribution < -0.4 is 0 Å². The van der Waals surface area contributed by atoms with E-state index in [-0.39, 0.29) is 13.2 Å². The van der Waals surface area contributed by atoms with Gasteiger partial charge in [-0.15, -0.1) is 0 Å². The number of hydrogen-bond donors (Lipinski definition) is 6. The monoisotopic (exact) mass is 396 g/mol. The third-order valence-electron chi connectivity index (χ3n) is 3.94. The van der Waals surface area contributed by atoms with E-state index >= 15 is 0 Å². The fourth-order valence-electron chi connectivity index (χ4n) is 2.34. The van der Waals surface area contributed by atoms with E-state index < -0.39 is 43.4 Å². The molecule has 0 aliphatic carbocycles. The van der Waals surface area contributed by atoms with Gasteiger partial charge in [-0.3, -0.25) is 0 Å². The van der Waals surface area contributed by atoms with Crippen LogP contribution in [-0.2, 0) is 9.47 Å². The van der Waals surface area contributed by atoms with Crippen molar-refractivity contribution in [3.63, 3.8) is 0 Å². The lowest BCUT2D eigenvalue weighted by molar-refractivity contribution is -0.298. The van der Waals surface area contributed by atoms with E-state index in [1.807, 2.05) is 6.08 Å². The van der Waals surface area contributed by atoms with Crippen LogP contribution in [0.25, 0.3) is 0 Å². The maximum Gasteiger partial charge on any atom is 0.187 e. The molecule has 0 aromatic carbocycles. The average Bonchev–Trinajstić information content (AvgIpc) is 2.68. The summed E-state index contributed by atoms with van der Waals surface area (Å²) < 4.78 is 10.5. The van der Waals surface area contributed by atoms with Crippen LogP contribution in [0, 0.1) is 23.7 Å². The van der Waals surface area contributed by atoms with Gasteiger partial charge in [0.2, 0.25) is 0 Å². The normalized spacial score (nSPS) is 28.6. The highest BCUT2D eigenvalue weighted by Gasteiger charge is 2.43. The summed E-state index contributed by atoms with van der Waals surface area (Å²) in [4.78, 5) is 0. The lowest BCUT2D eigenvalue weighted by Gasteiger charge is -2.39. The Morgan fingerprint density at radius 1 is 0.929 bits per heavy atom. The first kappa shape index (κ1) is 24.3. The molecule has 1 fully saturated rings. The van der Waals surface area contributed by atoms with Crippen LogP contribution in [0.5, 0.6) is 0 Å². The molecule has 6 N–H and O–H groups in total. The number of rotatable bonds is 9. The van der Waals surface area contributed by atoms with Gasteiger partial charge in [0.15, 0.2) is 6.29 Å². The molecule has 1 aliphatic rings. The molecule has 0 saturated carbocycles. The SMILES string of the molecule is OCC[C@H](O)CCC=CC#CC#CC=CCO[C@@H]1O[C@H](CO)[C@@H](O)[C@H](O)[C@H]1O. The minimum Gasteiger partial charge on any atom is -0.396 e. The smallest absolute Gasteiger partial charge is 0.187 e. The van der Waals surface area contributed by atoms with Gasteiger partial charge in [0.25, 0.3) is 0 Å². The molecule has 156 valence electrons. The Labute approximate surface area is 164 Å². The zero-order chi connectivity index (χ0) is 20.8. The van der Waals surface area contributed by atoms with Gasteiger partial charge in [-0.1, -0.05) is 24.0 Å². The quantitative estimate of drug-likeness (QED) is 0.257. The van der Waals surface area contributed by atoms with Gasteiger partial charge in [-0.05, 0) is 43.3 Å². The van der Waals surface area contributed by atoms with Crippen molar-refractivity contribution in [3.05, 3.63) is 24.3 Å². The Hall–Kier alpha value is -1.72. The molecule has 8 nitrogen and oxygen atoms in total. The number of hydrogen-bond acceptors (Lipinski definition) is 8. The summed E-state index contributed by atoms with van der Waals surface area (Å²) in [6, 6.07) is 0. The first-order chi connectivity index (χ1) is 13.5. The zero-order valence-corrected chi connectivity index (χ0v) is 15.5. The topological polar surface area (TPSA) is 140 Å². The molecule has 6 atom stereocenters. The number of aliphatic hydroxyl groups excluding tert-OH is 6. The van der Waals surface area contributed by atoms with Crippen LogP contribution in [-0.4, -0.2) is 87.3 Å². The molecule has 0 aromatic rings. The van der Waals surface area contributed by atoms with Crippen LogP contribution in [0.3, 0.4) is 0 Å². The Morgan fingerprint density at radius 2 is 1.61 bits per heavy atom. The van der Waals surface area contributed by atoms with Crippen LogP contribution in [0.4, 0.5) is 0 Å². The highest BCUT2D eigenvalue weighted by atomic mass is 16.7. The molecule has 8 heteroatoms. The first-order valence-electron chi connectivity index (χ1n) is 9.03. The molecule has 0 bridgehead atoms. The third-order valence-corrected chi connectivity index (χ3v) is 3.94.